The number of hydrogen-bond acceptors (Lipinski definition) is 2. The van der Waals surface area contributed by atoms with Crippen molar-refractivity contribution < 1.29 is 14.7 Å². The van der Waals surface area contributed by atoms with Crippen molar-refractivity contribution in [1.82, 2.24) is 5.32 Å². The van der Waals surface area contributed by atoms with Gasteiger partial charge in [-0.05, 0) is 74.1 Å². The highest BCUT2D eigenvalue weighted by molar-refractivity contribution is 5.96. The van der Waals surface area contributed by atoms with Gasteiger partial charge in [-0.1, -0.05) is 6.07 Å². The van der Waals surface area contributed by atoms with Gasteiger partial charge in [-0.15, -0.1) is 0 Å². The number of aliphatic carboxylic acids is 1. The molecule has 118 valence electrons. The smallest absolute Gasteiger partial charge is 0.303 e. The Morgan fingerprint density at radius 1 is 1.23 bits per heavy atom. The average Bonchev–Trinajstić information content (AvgIpc) is 3.08. The summed E-state index contributed by atoms with van der Waals surface area (Å²) in [5, 5.41) is 12.0. The molecular formula is C18H23NO3. The van der Waals surface area contributed by atoms with E-state index in [2.05, 4.69) is 12.2 Å². The van der Waals surface area contributed by atoms with Crippen molar-refractivity contribution in [3.8, 4) is 0 Å². The van der Waals surface area contributed by atoms with E-state index in [9.17, 15) is 9.59 Å². The maximum atomic E-state index is 12.6. The number of hydrogen-bond donors (Lipinski definition) is 2. The minimum Gasteiger partial charge on any atom is -0.481 e. The van der Waals surface area contributed by atoms with Gasteiger partial charge in [-0.2, -0.15) is 0 Å². The molecule has 0 saturated heterocycles. The number of aryl methyl sites for hydroxylation is 1. The van der Waals surface area contributed by atoms with Gasteiger partial charge in [-0.3, -0.25) is 9.59 Å². The molecule has 0 aliphatic heterocycles. The van der Waals surface area contributed by atoms with E-state index >= 15 is 0 Å². The van der Waals surface area contributed by atoms with Gasteiger partial charge in [0.2, 0.25) is 0 Å². The van der Waals surface area contributed by atoms with Crippen LogP contribution in [-0.2, 0) is 17.6 Å². The predicted molar refractivity (Wildman–Crippen MR) is 84.1 cm³/mol. The van der Waals surface area contributed by atoms with Gasteiger partial charge >= 0.3 is 5.97 Å². The molecule has 2 aliphatic carbocycles. The van der Waals surface area contributed by atoms with Crippen molar-refractivity contribution in [3.63, 3.8) is 0 Å². The summed E-state index contributed by atoms with van der Waals surface area (Å²) in [5.41, 5.74) is 4.67. The minimum atomic E-state index is -0.742. The maximum Gasteiger partial charge on any atom is 0.303 e. The predicted octanol–water partition coefficient (Wildman–Crippen LogP) is 2.86. The molecule has 0 aromatic heterocycles. The lowest BCUT2D eigenvalue weighted by molar-refractivity contribution is -0.138. The number of carboxylic acids is 1. The highest BCUT2D eigenvalue weighted by Crippen LogP contribution is 2.30. The van der Waals surface area contributed by atoms with Crippen LogP contribution in [-0.4, -0.2) is 23.0 Å². The molecule has 1 amide bonds. The first-order valence-electron chi connectivity index (χ1n) is 8.18. The van der Waals surface area contributed by atoms with Gasteiger partial charge < -0.3 is 10.4 Å². The molecule has 1 aromatic carbocycles. The normalized spacial score (nSPS) is 23.3. The van der Waals surface area contributed by atoms with Gasteiger partial charge in [0.25, 0.3) is 5.91 Å². The Bertz CT molecular complexity index is 609. The Morgan fingerprint density at radius 2 is 2.00 bits per heavy atom. The fraction of sp³-hybridized carbons (Fsp3) is 0.556. The van der Waals surface area contributed by atoms with Crippen LogP contribution in [0.5, 0.6) is 0 Å². The number of rotatable bonds is 4. The fourth-order valence-electron chi connectivity index (χ4n) is 4.00. The Kier molecular flexibility index (Phi) is 4.19. The first kappa shape index (κ1) is 15.1. The fourth-order valence-corrected chi connectivity index (χ4v) is 4.00. The van der Waals surface area contributed by atoms with Crippen LogP contribution in [0.4, 0.5) is 0 Å². The molecule has 0 heterocycles. The van der Waals surface area contributed by atoms with Crippen LogP contribution < -0.4 is 5.32 Å². The molecule has 0 bridgehead atoms. The first-order chi connectivity index (χ1) is 10.5. The molecular weight excluding hydrogens is 278 g/mol. The Labute approximate surface area is 130 Å². The largest absolute Gasteiger partial charge is 0.481 e. The summed E-state index contributed by atoms with van der Waals surface area (Å²) in [5.74, 6) is -0.529. The van der Waals surface area contributed by atoms with E-state index in [1.54, 1.807) is 0 Å². The zero-order chi connectivity index (χ0) is 15.7. The topological polar surface area (TPSA) is 66.4 Å². The van der Waals surface area contributed by atoms with Gasteiger partial charge in [0.05, 0.1) is 0 Å². The monoisotopic (exact) mass is 301 g/mol. The maximum absolute atomic E-state index is 12.6. The van der Waals surface area contributed by atoms with Crippen molar-refractivity contribution in [2.75, 3.05) is 0 Å². The molecule has 1 aromatic rings. The van der Waals surface area contributed by atoms with E-state index in [1.807, 2.05) is 12.1 Å². The molecule has 0 spiro atoms. The number of carbonyl (C=O) groups is 2. The van der Waals surface area contributed by atoms with E-state index in [1.165, 1.54) is 16.7 Å². The number of nitrogens with one attached hydrogen (secondary N) is 1. The van der Waals surface area contributed by atoms with Crippen LogP contribution in [0.1, 0.15) is 59.2 Å². The van der Waals surface area contributed by atoms with Crippen LogP contribution in [0, 0.1) is 12.8 Å². The molecule has 1 fully saturated rings. The zero-order valence-corrected chi connectivity index (χ0v) is 13.0. The summed E-state index contributed by atoms with van der Waals surface area (Å²) in [4.78, 5) is 23.4. The highest BCUT2D eigenvalue weighted by atomic mass is 16.4. The summed E-state index contributed by atoms with van der Waals surface area (Å²) >= 11 is 0. The van der Waals surface area contributed by atoms with Crippen molar-refractivity contribution >= 4 is 11.9 Å². The van der Waals surface area contributed by atoms with E-state index in [4.69, 9.17) is 5.11 Å². The number of fused-ring (bicyclic) bond motifs is 1. The minimum absolute atomic E-state index is 0.0131. The van der Waals surface area contributed by atoms with E-state index < -0.39 is 5.97 Å². The quantitative estimate of drug-likeness (QED) is 0.898. The third kappa shape index (κ3) is 3.01. The lowest BCUT2D eigenvalue weighted by atomic mass is 9.98. The number of carbonyl (C=O) groups excluding carboxylic acids is 1. The van der Waals surface area contributed by atoms with Crippen LogP contribution in [0.3, 0.4) is 0 Å². The van der Waals surface area contributed by atoms with Crippen LogP contribution in [0.2, 0.25) is 0 Å². The molecule has 2 atom stereocenters. The van der Waals surface area contributed by atoms with Crippen molar-refractivity contribution in [3.05, 3.63) is 34.4 Å². The van der Waals surface area contributed by atoms with Gasteiger partial charge in [0, 0.05) is 18.0 Å². The van der Waals surface area contributed by atoms with Crippen molar-refractivity contribution in [1.29, 1.82) is 0 Å². The molecule has 22 heavy (non-hydrogen) atoms. The molecule has 2 N–H and O–H groups in total. The number of benzene rings is 1. The summed E-state index contributed by atoms with van der Waals surface area (Å²) in [6.45, 7) is 2.11. The summed E-state index contributed by atoms with van der Waals surface area (Å²) in [7, 11) is 0. The molecule has 0 radical (unpaired) electrons. The van der Waals surface area contributed by atoms with Crippen LogP contribution in [0.25, 0.3) is 0 Å². The molecule has 1 saturated carbocycles. The van der Waals surface area contributed by atoms with E-state index in [0.29, 0.717) is 0 Å². The van der Waals surface area contributed by atoms with E-state index in [-0.39, 0.29) is 24.3 Å². The van der Waals surface area contributed by atoms with E-state index in [0.717, 1.165) is 44.1 Å². The zero-order valence-electron chi connectivity index (χ0n) is 13.0. The number of carboxylic acid groups (broad SMARTS) is 1. The lowest BCUT2D eigenvalue weighted by Gasteiger charge is -2.16. The average molecular weight is 301 g/mol. The SMILES string of the molecule is Cc1ccc(C(=O)N[C@@H]2CC[C@H](CC(=O)O)C2)c2c1CCC2. The molecule has 0 unspecified atom stereocenters. The second-order valence-electron chi connectivity index (χ2n) is 6.69. The lowest BCUT2D eigenvalue weighted by Crippen LogP contribution is -2.33. The standard InChI is InChI=1S/C18H23NO3/c1-11-5-8-16(15-4-2-3-14(11)15)18(22)19-13-7-6-12(9-13)10-17(20)21/h5,8,12-13H,2-4,6-7,9-10H2,1H3,(H,19,22)(H,20,21)/t12-,13+/m0/s1. The summed E-state index contributed by atoms with van der Waals surface area (Å²) in [6, 6.07) is 4.11. The summed E-state index contributed by atoms with van der Waals surface area (Å²) < 4.78 is 0. The molecule has 4 heteroatoms. The number of amides is 1. The molecule has 4 nitrogen and oxygen atoms in total. The Morgan fingerprint density at radius 3 is 2.77 bits per heavy atom. The third-order valence-corrected chi connectivity index (χ3v) is 5.10. The Balaban J connectivity index is 1.66. The second-order valence-corrected chi connectivity index (χ2v) is 6.69. The highest BCUT2D eigenvalue weighted by Gasteiger charge is 2.29. The second kappa shape index (κ2) is 6.11. The molecule has 2 aliphatic rings. The Hall–Kier alpha value is -1.84. The first-order valence-corrected chi connectivity index (χ1v) is 8.18. The van der Waals surface area contributed by atoms with Crippen molar-refractivity contribution in [2.24, 2.45) is 5.92 Å². The van der Waals surface area contributed by atoms with Crippen LogP contribution >= 0.6 is 0 Å². The van der Waals surface area contributed by atoms with Gasteiger partial charge in [0.1, 0.15) is 0 Å². The van der Waals surface area contributed by atoms with Gasteiger partial charge in [-0.25, -0.2) is 0 Å². The van der Waals surface area contributed by atoms with Crippen LogP contribution in [0.15, 0.2) is 12.1 Å². The van der Waals surface area contributed by atoms with Crippen molar-refractivity contribution in [2.45, 2.75) is 57.9 Å². The summed E-state index contributed by atoms with van der Waals surface area (Å²) in [6.07, 6.45) is 5.97. The van der Waals surface area contributed by atoms with Gasteiger partial charge in [0.15, 0.2) is 0 Å². The third-order valence-electron chi connectivity index (χ3n) is 5.10. The molecule has 3 rings (SSSR count).